The van der Waals surface area contributed by atoms with Crippen molar-refractivity contribution < 1.29 is 9.47 Å². The Morgan fingerprint density at radius 3 is 2.15 bits per heavy atom. The number of rotatable bonds is 3. The summed E-state index contributed by atoms with van der Waals surface area (Å²) >= 11 is 6.57. The Labute approximate surface area is 126 Å². The van der Waals surface area contributed by atoms with Gasteiger partial charge in [-0.05, 0) is 37.1 Å². The molecule has 0 N–H and O–H groups in total. The fourth-order valence-electron chi connectivity index (χ4n) is 3.70. The van der Waals surface area contributed by atoms with E-state index in [1.807, 2.05) is 24.3 Å². The van der Waals surface area contributed by atoms with Crippen LogP contribution < -0.4 is 9.47 Å². The number of alkyl halides is 1. The molecule has 0 aliphatic heterocycles. The van der Waals surface area contributed by atoms with Crippen LogP contribution in [0.25, 0.3) is 0 Å². The lowest BCUT2D eigenvalue weighted by Crippen LogP contribution is -2.57. The first-order chi connectivity index (χ1) is 9.74. The molecule has 1 spiro atoms. The van der Waals surface area contributed by atoms with Gasteiger partial charge < -0.3 is 9.47 Å². The van der Waals surface area contributed by atoms with Crippen molar-refractivity contribution in [3.05, 3.63) is 24.3 Å². The molecule has 2 aliphatic carbocycles. The number of methoxy groups -OCH3 is 1. The van der Waals surface area contributed by atoms with Crippen molar-refractivity contribution in [3.63, 3.8) is 0 Å². The van der Waals surface area contributed by atoms with Crippen LogP contribution in [0.3, 0.4) is 0 Å². The third-order valence-electron chi connectivity index (χ3n) is 5.06. The van der Waals surface area contributed by atoms with E-state index in [0.29, 0.717) is 5.38 Å². The van der Waals surface area contributed by atoms with Crippen LogP contribution in [0.1, 0.15) is 44.9 Å². The molecular formula is C17H23ClO2. The van der Waals surface area contributed by atoms with Crippen LogP contribution in [0.2, 0.25) is 0 Å². The molecule has 2 unspecified atom stereocenters. The molecule has 2 atom stereocenters. The lowest BCUT2D eigenvalue weighted by Gasteiger charge is -2.53. The third kappa shape index (κ3) is 2.50. The van der Waals surface area contributed by atoms with Gasteiger partial charge in [0.1, 0.15) is 17.6 Å². The predicted molar refractivity (Wildman–Crippen MR) is 81.8 cm³/mol. The fraction of sp³-hybridized carbons (Fsp3) is 0.647. The summed E-state index contributed by atoms with van der Waals surface area (Å²) in [6.45, 7) is 0. The molecule has 0 saturated heterocycles. The molecule has 20 heavy (non-hydrogen) atoms. The average molecular weight is 295 g/mol. The zero-order valence-electron chi connectivity index (χ0n) is 12.1. The van der Waals surface area contributed by atoms with Crippen LogP contribution in [0.5, 0.6) is 11.5 Å². The summed E-state index contributed by atoms with van der Waals surface area (Å²) in [6, 6.07) is 7.88. The molecule has 2 aliphatic rings. The SMILES string of the molecule is COc1ccc(OC2CC(Cl)C23CCCCCC3)cc1. The zero-order valence-corrected chi connectivity index (χ0v) is 12.9. The van der Waals surface area contributed by atoms with E-state index >= 15 is 0 Å². The number of halogens is 1. The summed E-state index contributed by atoms with van der Waals surface area (Å²) in [4.78, 5) is 0. The molecule has 2 saturated carbocycles. The van der Waals surface area contributed by atoms with Gasteiger partial charge in [0.05, 0.1) is 7.11 Å². The number of ether oxygens (including phenoxy) is 2. The van der Waals surface area contributed by atoms with Gasteiger partial charge in [-0.3, -0.25) is 0 Å². The predicted octanol–water partition coefficient (Wildman–Crippen LogP) is 4.79. The second-order valence-electron chi connectivity index (χ2n) is 6.13. The lowest BCUT2D eigenvalue weighted by molar-refractivity contribution is -0.0512. The van der Waals surface area contributed by atoms with Crippen molar-refractivity contribution in [2.24, 2.45) is 5.41 Å². The van der Waals surface area contributed by atoms with Gasteiger partial charge in [-0.1, -0.05) is 25.7 Å². The van der Waals surface area contributed by atoms with Crippen molar-refractivity contribution in [3.8, 4) is 11.5 Å². The van der Waals surface area contributed by atoms with Crippen LogP contribution in [0, 0.1) is 5.41 Å². The van der Waals surface area contributed by atoms with Gasteiger partial charge in [0.15, 0.2) is 0 Å². The topological polar surface area (TPSA) is 18.5 Å². The van der Waals surface area contributed by atoms with E-state index in [4.69, 9.17) is 21.1 Å². The van der Waals surface area contributed by atoms with E-state index in [2.05, 4.69) is 0 Å². The van der Waals surface area contributed by atoms with Crippen LogP contribution in [-0.2, 0) is 0 Å². The first-order valence-electron chi connectivity index (χ1n) is 7.69. The molecule has 2 nitrogen and oxygen atoms in total. The van der Waals surface area contributed by atoms with Gasteiger partial charge in [-0.15, -0.1) is 11.6 Å². The Balaban J connectivity index is 1.69. The summed E-state index contributed by atoms with van der Waals surface area (Å²) in [7, 11) is 1.68. The molecule has 3 rings (SSSR count). The molecule has 1 aromatic carbocycles. The van der Waals surface area contributed by atoms with E-state index in [-0.39, 0.29) is 11.5 Å². The molecular weight excluding hydrogens is 272 g/mol. The van der Waals surface area contributed by atoms with Gasteiger partial charge in [0, 0.05) is 17.2 Å². The van der Waals surface area contributed by atoms with Crippen LogP contribution in [-0.4, -0.2) is 18.6 Å². The highest BCUT2D eigenvalue weighted by Crippen LogP contribution is 2.55. The summed E-state index contributed by atoms with van der Waals surface area (Å²) < 4.78 is 11.4. The molecule has 0 heterocycles. The lowest BCUT2D eigenvalue weighted by atomic mass is 9.61. The number of benzene rings is 1. The molecule has 0 aromatic heterocycles. The van der Waals surface area contributed by atoms with Gasteiger partial charge in [-0.2, -0.15) is 0 Å². The van der Waals surface area contributed by atoms with E-state index in [1.165, 1.54) is 38.5 Å². The van der Waals surface area contributed by atoms with E-state index in [9.17, 15) is 0 Å². The Morgan fingerprint density at radius 1 is 1.00 bits per heavy atom. The number of hydrogen-bond acceptors (Lipinski definition) is 2. The molecule has 1 aromatic rings. The quantitative estimate of drug-likeness (QED) is 0.746. The van der Waals surface area contributed by atoms with Crippen LogP contribution >= 0.6 is 11.6 Å². The minimum atomic E-state index is 0.220. The molecule has 2 fully saturated rings. The summed E-state index contributed by atoms with van der Waals surface area (Å²) in [5.74, 6) is 1.80. The Kier molecular flexibility index (Phi) is 4.11. The second kappa shape index (κ2) is 5.85. The Morgan fingerprint density at radius 2 is 1.60 bits per heavy atom. The Hall–Kier alpha value is -0.890. The van der Waals surface area contributed by atoms with Crippen molar-refractivity contribution >= 4 is 11.6 Å². The highest BCUT2D eigenvalue weighted by atomic mass is 35.5. The normalized spacial score (nSPS) is 28.5. The van der Waals surface area contributed by atoms with Gasteiger partial charge in [-0.25, -0.2) is 0 Å². The number of hydrogen-bond donors (Lipinski definition) is 0. The fourth-order valence-corrected chi connectivity index (χ4v) is 4.23. The highest BCUT2D eigenvalue weighted by molar-refractivity contribution is 6.21. The maximum Gasteiger partial charge on any atom is 0.120 e. The maximum atomic E-state index is 6.57. The van der Waals surface area contributed by atoms with E-state index in [0.717, 1.165) is 17.9 Å². The second-order valence-corrected chi connectivity index (χ2v) is 6.66. The molecule has 0 bridgehead atoms. The van der Waals surface area contributed by atoms with Gasteiger partial charge in [0.2, 0.25) is 0 Å². The monoisotopic (exact) mass is 294 g/mol. The van der Waals surface area contributed by atoms with Crippen molar-refractivity contribution in [2.45, 2.75) is 56.4 Å². The minimum Gasteiger partial charge on any atom is -0.497 e. The van der Waals surface area contributed by atoms with Gasteiger partial charge in [0.25, 0.3) is 0 Å². The average Bonchev–Trinajstić information content (AvgIpc) is 2.76. The van der Waals surface area contributed by atoms with E-state index < -0.39 is 0 Å². The van der Waals surface area contributed by atoms with Crippen molar-refractivity contribution in [1.82, 2.24) is 0 Å². The smallest absolute Gasteiger partial charge is 0.120 e. The summed E-state index contributed by atoms with van der Waals surface area (Å²) in [5.41, 5.74) is 0.220. The standard InChI is InChI=1S/C17H23ClO2/c1-19-13-6-8-14(9-7-13)20-16-12-15(18)17(16)10-4-2-3-5-11-17/h6-9,15-16H,2-5,10-12H2,1H3. The zero-order chi connectivity index (χ0) is 14.0. The largest absolute Gasteiger partial charge is 0.497 e. The van der Waals surface area contributed by atoms with E-state index in [1.54, 1.807) is 7.11 Å². The van der Waals surface area contributed by atoms with Crippen LogP contribution in [0.15, 0.2) is 24.3 Å². The maximum absolute atomic E-state index is 6.57. The summed E-state index contributed by atoms with van der Waals surface area (Å²) in [5, 5.41) is 0.295. The van der Waals surface area contributed by atoms with Crippen LogP contribution in [0.4, 0.5) is 0 Å². The molecule has 0 radical (unpaired) electrons. The van der Waals surface area contributed by atoms with Gasteiger partial charge >= 0.3 is 0 Å². The van der Waals surface area contributed by atoms with Crippen molar-refractivity contribution in [1.29, 1.82) is 0 Å². The third-order valence-corrected chi connectivity index (χ3v) is 5.67. The molecule has 3 heteroatoms. The summed E-state index contributed by atoms with van der Waals surface area (Å²) in [6.07, 6.45) is 9.01. The minimum absolute atomic E-state index is 0.220. The van der Waals surface area contributed by atoms with Crippen molar-refractivity contribution in [2.75, 3.05) is 7.11 Å². The molecule has 0 amide bonds. The highest BCUT2D eigenvalue weighted by Gasteiger charge is 2.55. The first kappa shape index (κ1) is 14.1. The molecule has 110 valence electrons. The Bertz CT molecular complexity index is 435. The first-order valence-corrected chi connectivity index (χ1v) is 8.13.